The standard InChI is InChI=1S/C30H33NO6/c1-22(32)31-26-27(34-18-24-13-7-3-8-14-24)28(35-19-25-15-9-4-10-16-25)30(21-36-29(26)37-30)20-33-17-23-11-5-2-6-12-23/h2-16,26-29H,17-21H2,1H3,(H,31,32). The van der Waals surface area contributed by atoms with Crippen LogP contribution in [0, 0.1) is 0 Å². The minimum atomic E-state index is -0.884. The highest BCUT2D eigenvalue weighted by atomic mass is 16.8. The first-order valence-electron chi connectivity index (χ1n) is 12.6. The molecule has 0 aliphatic carbocycles. The van der Waals surface area contributed by atoms with Crippen molar-refractivity contribution in [1.29, 1.82) is 0 Å². The average molecular weight is 504 g/mol. The van der Waals surface area contributed by atoms with E-state index >= 15 is 0 Å². The number of amides is 1. The molecule has 0 radical (unpaired) electrons. The largest absolute Gasteiger partial charge is 0.374 e. The number of carbonyl (C=O) groups is 1. The zero-order valence-electron chi connectivity index (χ0n) is 21.0. The zero-order chi connectivity index (χ0) is 25.5. The molecule has 0 aromatic heterocycles. The Kier molecular flexibility index (Phi) is 8.28. The molecule has 2 saturated heterocycles. The van der Waals surface area contributed by atoms with Gasteiger partial charge < -0.3 is 29.0 Å². The Bertz CT molecular complexity index is 1130. The summed E-state index contributed by atoms with van der Waals surface area (Å²) in [4.78, 5) is 12.2. The van der Waals surface area contributed by atoms with Crippen LogP contribution in [0.25, 0.3) is 0 Å². The van der Waals surface area contributed by atoms with Gasteiger partial charge in [0.15, 0.2) is 6.29 Å². The fourth-order valence-corrected chi connectivity index (χ4v) is 4.91. The van der Waals surface area contributed by atoms with Crippen LogP contribution in [0.5, 0.6) is 0 Å². The predicted octanol–water partition coefficient (Wildman–Crippen LogP) is 4.00. The molecule has 1 amide bonds. The van der Waals surface area contributed by atoms with Crippen molar-refractivity contribution in [3.63, 3.8) is 0 Å². The Labute approximate surface area is 217 Å². The van der Waals surface area contributed by atoms with Crippen molar-refractivity contribution in [2.75, 3.05) is 13.2 Å². The van der Waals surface area contributed by atoms with Crippen LogP contribution in [0.2, 0.25) is 0 Å². The Morgan fingerprint density at radius 2 is 1.38 bits per heavy atom. The highest BCUT2D eigenvalue weighted by Crippen LogP contribution is 2.41. The van der Waals surface area contributed by atoms with Crippen molar-refractivity contribution in [2.45, 2.75) is 56.9 Å². The van der Waals surface area contributed by atoms with Gasteiger partial charge in [-0.3, -0.25) is 4.79 Å². The van der Waals surface area contributed by atoms with Crippen LogP contribution in [0.4, 0.5) is 0 Å². The third-order valence-corrected chi connectivity index (χ3v) is 6.69. The van der Waals surface area contributed by atoms with Crippen LogP contribution < -0.4 is 5.32 Å². The van der Waals surface area contributed by atoms with Gasteiger partial charge in [-0.25, -0.2) is 0 Å². The molecule has 2 aliphatic heterocycles. The lowest BCUT2D eigenvalue weighted by atomic mass is 9.87. The van der Waals surface area contributed by atoms with Crippen LogP contribution >= 0.6 is 0 Å². The van der Waals surface area contributed by atoms with Crippen molar-refractivity contribution >= 4 is 5.91 Å². The van der Waals surface area contributed by atoms with Crippen molar-refractivity contribution in [3.8, 4) is 0 Å². The molecule has 1 N–H and O–H groups in total. The molecule has 2 fully saturated rings. The fourth-order valence-electron chi connectivity index (χ4n) is 4.91. The van der Waals surface area contributed by atoms with E-state index < -0.39 is 30.1 Å². The number of hydrogen-bond donors (Lipinski definition) is 1. The topological polar surface area (TPSA) is 75.3 Å². The minimum Gasteiger partial charge on any atom is -0.374 e. The summed E-state index contributed by atoms with van der Waals surface area (Å²) in [6.45, 7) is 3.17. The van der Waals surface area contributed by atoms with E-state index in [0.717, 1.165) is 16.7 Å². The molecule has 7 heteroatoms. The van der Waals surface area contributed by atoms with E-state index in [4.69, 9.17) is 23.7 Å². The predicted molar refractivity (Wildman–Crippen MR) is 137 cm³/mol. The van der Waals surface area contributed by atoms with Gasteiger partial charge in [0.25, 0.3) is 0 Å². The number of carbonyl (C=O) groups excluding carboxylic acids is 1. The number of hydrogen-bond acceptors (Lipinski definition) is 6. The molecule has 194 valence electrons. The van der Waals surface area contributed by atoms with Gasteiger partial charge in [-0.15, -0.1) is 0 Å². The summed E-state index contributed by atoms with van der Waals surface area (Å²) in [6, 6.07) is 29.4. The SMILES string of the molecule is CC(=O)NC1C2OCC(COCc3ccccc3)(O2)C(OCc2ccccc2)C1OCc1ccccc1. The van der Waals surface area contributed by atoms with Gasteiger partial charge in [0.05, 0.1) is 33.0 Å². The minimum absolute atomic E-state index is 0.188. The van der Waals surface area contributed by atoms with Crippen LogP contribution in [-0.2, 0) is 48.3 Å². The van der Waals surface area contributed by atoms with Gasteiger partial charge in [0.1, 0.15) is 23.9 Å². The van der Waals surface area contributed by atoms with Gasteiger partial charge in [0.2, 0.25) is 5.91 Å². The highest BCUT2D eigenvalue weighted by molar-refractivity contribution is 5.73. The molecule has 5 unspecified atom stereocenters. The van der Waals surface area contributed by atoms with Gasteiger partial charge in [-0.2, -0.15) is 0 Å². The van der Waals surface area contributed by atoms with Gasteiger partial charge in [0, 0.05) is 6.92 Å². The summed E-state index contributed by atoms with van der Waals surface area (Å²) in [6.07, 6.45) is -1.74. The normalized spacial score (nSPS) is 26.6. The van der Waals surface area contributed by atoms with E-state index in [2.05, 4.69) is 5.32 Å². The summed E-state index contributed by atoms with van der Waals surface area (Å²) in [5.41, 5.74) is 2.24. The third-order valence-electron chi connectivity index (χ3n) is 6.69. The lowest BCUT2D eigenvalue weighted by Crippen LogP contribution is -2.67. The monoisotopic (exact) mass is 503 g/mol. The molecule has 0 saturated carbocycles. The van der Waals surface area contributed by atoms with E-state index in [9.17, 15) is 4.79 Å². The second-order valence-electron chi connectivity index (χ2n) is 9.55. The molecular formula is C30H33NO6. The van der Waals surface area contributed by atoms with Crippen molar-refractivity contribution in [2.24, 2.45) is 0 Å². The van der Waals surface area contributed by atoms with E-state index in [-0.39, 0.29) is 19.1 Å². The van der Waals surface area contributed by atoms with Gasteiger partial charge >= 0.3 is 0 Å². The molecule has 5 rings (SSSR count). The van der Waals surface area contributed by atoms with Crippen LogP contribution in [-0.4, -0.2) is 49.3 Å². The maximum absolute atomic E-state index is 12.2. The molecular weight excluding hydrogens is 470 g/mol. The molecule has 37 heavy (non-hydrogen) atoms. The van der Waals surface area contributed by atoms with E-state index in [1.54, 1.807) is 0 Å². The van der Waals surface area contributed by atoms with E-state index in [1.807, 2.05) is 91.0 Å². The van der Waals surface area contributed by atoms with Crippen molar-refractivity contribution < 1.29 is 28.5 Å². The fraction of sp³-hybridized carbons (Fsp3) is 0.367. The number of rotatable bonds is 11. The highest BCUT2D eigenvalue weighted by Gasteiger charge is 2.61. The van der Waals surface area contributed by atoms with Crippen LogP contribution in [0.15, 0.2) is 91.0 Å². The van der Waals surface area contributed by atoms with Crippen molar-refractivity contribution in [1.82, 2.24) is 5.32 Å². The van der Waals surface area contributed by atoms with E-state index in [0.29, 0.717) is 19.8 Å². The maximum atomic E-state index is 12.2. The number of fused-ring (bicyclic) bond motifs is 2. The first kappa shape index (κ1) is 25.6. The summed E-state index contributed by atoms with van der Waals surface area (Å²) in [7, 11) is 0. The quantitative estimate of drug-likeness (QED) is 0.426. The Morgan fingerprint density at radius 3 is 1.95 bits per heavy atom. The van der Waals surface area contributed by atoms with E-state index in [1.165, 1.54) is 6.92 Å². The average Bonchev–Trinajstić information content (AvgIpc) is 3.31. The molecule has 3 aromatic carbocycles. The molecule has 7 nitrogen and oxygen atoms in total. The molecule has 2 heterocycles. The molecule has 2 aliphatic rings. The molecule has 0 spiro atoms. The number of ether oxygens (including phenoxy) is 5. The first-order chi connectivity index (χ1) is 18.1. The van der Waals surface area contributed by atoms with Crippen LogP contribution in [0.1, 0.15) is 23.6 Å². The molecule has 2 bridgehead atoms. The van der Waals surface area contributed by atoms with Gasteiger partial charge in [-0.05, 0) is 16.7 Å². The summed E-state index contributed by atoms with van der Waals surface area (Å²) in [5, 5.41) is 2.99. The third kappa shape index (κ3) is 6.26. The summed E-state index contributed by atoms with van der Waals surface area (Å²) < 4.78 is 31.8. The van der Waals surface area contributed by atoms with Gasteiger partial charge in [-0.1, -0.05) is 91.0 Å². The molecule has 5 atom stereocenters. The summed E-state index contributed by atoms with van der Waals surface area (Å²) >= 11 is 0. The number of benzene rings is 3. The molecule has 3 aromatic rings. The second kappa shape index (κ2) is 12.0. The van der Waals surface area contributed by atoms with Crippen LogP contribution in [0.3, 0.4) is 0 Å². The van der Waals surface area contributed by atoms with Crippen molar-refractivity contribution in [3.05, 3.63) is 108 Å². The Morgan fingerprint density at radius 1 is 0.838 bits per heavy atom. The lowest BCUT2D eigenvalue weighted by molar-refractivity contribution is -0.263. The Balaban J connectivity index is 1.40. The maximum Gasteiger partial charge on any atom is 0.217 e. The lowest BCUT2D eigenvalue weighted by Gasteiger charge is -2.46. The zero-order valence-corrected chi connectivity index (χ0v) is 21.0. The Hall–Kier alpha value is -3.07. The second-order valence-corrected chi connectivity index (χ2v) is 9.55. The smallest absolute Gasteiger partial charge is 0.217 e. The first-order valence-corrected chi connectivity index (χ1v) is 12.6. The summed E-state index contributed by atoms with van der Waals surface area (Å²) in [5.74, 6) is -0.188. The number of nitrogens with one attached hydrogen (secondary N) is 1.